The van der Waals surface area contributed by atoms with Gasteiger partial charge < -0.3 is 16.0 Å². The highest BCUT2D eigenvalue weighted by molar-refractivity contribution is 5.99. The highest BCUT2D eigenvalue weighted by Crippen LogP contribution is 2.40. The number of pyridine rings is 1. The first-order valence-electron chi connectivity index (χ1n) is 7.81. The molecule has 0 aliphatic carbocycles. The van der Waals surface area contributed by atoms with E-state index in [2.05, 4.69) is 14.7 Å². The van der Waals surface area contributed by atoms with Crippen LogP contribution in [0.2, 0.25) is 0 Å². The molecule has 30 heavy (non-hydrogen) atoms. The molecule has 0 spiro atoms. The van der Waals surface area contributed by atoms with Crippen molar-refractivity contribution in [3.8, 4) is 22.6 Å². The first kappa shape index (κ1) is 21.1. The van der Waals surface area contributed by atoms with Crippen LogP contribution in [0.15, 0.2) is 34.9 Å². The van der Waals surface area contributed by atoms with Crippen LogP contribution in [-0.2, 0) is 12.4 Å². The Hall–Kier alpha value is -3.64. The minimum atomic E-state index is -5.07. The molecule has 0 aliphatic rings. The molecule has 2 aromatic heterocycles. The smallest absolute Gasteiger partial charge is 0.383 e. The van der Waals surface area contributed by atoms with Gasteiger partial charge >= 0.3 is 12.4 Å². The molecule has 13 heteroatoms. The number of carbonyl (C=O) groups excluding carboxylic acids is 1. The lowest BCUT2D eigenvalue weighted by atomic mass is 9.98. The Morgan fingerprint density at radius 2 is 1.63 bits per heavy atom. The van der Waals surface area contributed by atoms with Gasteiger partial charge in [-0.3, -0.25) is 4.79 Å². The zero-order valence-electron chi connectivity index (χ0n) is 14.4. The minimum Gasteiger partial charge on any atom is -0.383 e. The fourth-order valence-electron chi connectivity index (χ4n) is 2.70. The number of nitrogens with two attached hydrogens (primary N) is 2. The lowest BCUT2D eigenvalue weighted by Gasteiger charge is -2.14. The number of anilines is 1. The predicted molar refractivity (Wildman–Crippen MR) is 88.1 cm³/mol. The second kappa shape index (κ2) is 7.00. The summed E-state index contributed by atoms with van der Waals surface area (Å²) >= 11 is 0. The van der Waals surface area contributed by atoms with Crippen molar-refractivity contribution in [3.05, 3.63) is 53.0 Å². The molecular formula is C17H9F7N4O2. The molecule has 4 N–H and O–H groups in total. The largest absolute Gasteiger partial charge is 0.437 e. The number of benzene rings is 1. The Balaban J connectivity index is 2.17. The standard InChI is InChI=1S/C17H9F7N4O2/c18-6-1-3-9(16(19,20)21)8(5-6)7-2-4-10(27-14(7)25)12-11(15(26)29)13(28-30-12)17(22,23)24/h1-5H,(H2,25,27)(H2,26,29). The van der Waals surface area contributed by atoms with Crippen molar-refractivity contribution in [1.29, 1.82) is 0 Å². The number of amides is 1. The van der Waals surface area contributed by atoms with Crippen LogP contribution in [-0.4, -0.2) is 16.0 Å². The van der Waals surface area contributed by atoms with Crippen molar-refractivity contribution in [2.75, 3.05) is 5.73 Å². The van der Waals surface area contributed by atoms with E-state index in [4.69, 9.17) is 11.5 Å². The van der Waals surface area contributed by atoms with E-state index in [0.717, 1.165) is 12.1 Å². The van der Waals surface area contributed by atoms with Gasteiger partial charge in [0.2, 0.25) is 5.69 Å². The molecule has 158 valence electrons. The second-order valence-electron chi connectivity index (χ2n) is 5.91. The molecule has 3 rings (SSSR count). The molecule has 6 nitrogen and oxygen atoms in total. The van der Waals surface area contributed by atoms with Gasteiger partial charge in [-0.2, -0.15) is 26.3 Å². The van der Waals surface area contributed by atoms with Crippen molar-refractivity contribution in [1.82, 2.24) is 10.1 Å². The van der Waals surface area contributed by atoms with Crippen molar-refractivity contribution < 1.29 is 40.1 Å². The quantitative estimate of drug-likeness (QED) is 0.599. The summed E-state index contributed by atoms with van der Waals surface area (Å²) in [7, 11) is 0. The first-order chi connectivity index (χ1) is 13.8. The summed E-state index contributed by atoms with van der Waals surface area (Å²) in [5.41, 5.74) is 5.19. The molecule has 3 aromatic rings. The number of nitrogen functional groups attached to an aromatic ring is 1. The van der Waals surface area contributed by atoms with E-state index in [9.17, 15) is 35.5 Å². The third-order valence-corrected chi connectivity index (χ3v) is 3.94. The zero-order valence-corrected chi connectivity index (χ0v) is 14.4. The van der Waals surface area contributed by atoms with E-state index in [0.29, 0.717) is 18.2 Å². The van der Waals surface area contributed by atoms with Crippen molar-refractivity contribution in [3.63, 3.8) is 0 Å². The van der Waals surface area contributed by atoms with Crippen molar-refractivity contribution in [2.24, 2.45) is 5.73 Å². The maximum atomic E-state index is 13.5. The van der Waals surface area contributed by atoms with Crippen LogP contribution >= 0.6 is 0 Å². The Morgan fingerprint density at radius 1 is 0.967 bits per heavy atom. The SMILES string of the molecule is NC(=O)c1c(C(F)(F)F)noc1-c1ccc(-c2cc(F)ccc2C(F)(F)F)c(N)n1. The third kappa shape index (κ3) is 3.77. The summed E-state index contributed by atoms with van der Waals surface area (Å²) in [4.78, 5) is 15.2. The zero-order chi connectivity index (χ0) is 22.4. The van der Waals surface area contributed by atoms with Gasteiger partial charge in [0, 0.05) is 11.1 Å². The highest BCUT2D eigenvalue weighted by Gasteiger charge is 2.42. The van der Waals surface area contributed by atoms with Crippen molar-refractivity contribution in [2.45, 2.75) is 12.4 Å². The fourth-order valence-corrected chi connectivity index (χ4v) is 2.70. The Bertz CT molecular complexity index is 1140. The number of hydrogen-bond acceptors (Lipinski definition) is 5. The number of carbonyl (C=O) groups is 1. The number of nitrogens with zero attached hydrogens (tertiary/aromatic N) is 2. The summed E-state index contributed by atoms with van der Waals surface area (Å²) < 4.78 is 96.7. The number of primary amides is 1. The van der Waals surface area contributed by atoms with E-state index in [1.165, 1.54) is 0 Å². The summed E-state index contributed by atoms with van der Waals surface area (Å²) in [5.74, 6) is -3.87. The molecule has 0 fully saturated rings. The monoisotopic (exact) mass is 434 g/mol. The molecule has 1 amide bonds. The van der Waals surface area contributed by atoms with Gasteiger partial charge in [-0.05, 0) is 30.3 Å². The molecule has 0 saturated heterocycles. The maximum Gasteiger partial charge on any atom is 0.437 e. The molecule has 1 aromatic carbocycles. The number of halogens is 7. The summed E-state index contributed by atoms with van der Waals surface area (Å²) in [5, 5.41) is 2.77. The van der Waals surface area contributed by atoms with Crippen LogP contribution in [0.25, 0.3) is 22.6 Å². The topological polar surface area (TPSA) is 108 Å². The average Bonchev–Trinajstić information content (AvgIpc) is 3.06. The van der Waals surface area contributed by atoms with Gasteiger partial charge in [-0.1, -0.05) is 5.16 Å². The molecule has 0 saturated carbocycles. The molecule has 0 aliphatic heterocycles. The highest BCUT2D eigenvalue weighted by atomic mass is 19.4. The minimum absolute atomic E-state index is 0.346. The number of alkyl halides is 6. The van der Waals surface area contributed by atoms with Crippen LogP contribution in [0.4, 0.5) is 36.6 Å². The maximum absolute atomic E-state index is 13.5. The molecular weight excluding hydrogens is 425 g/mol. The van der Waals surface area contributed by atoms with E-state index in [-0.39, 0.29) is 5.56 Å². The third-order valence-electron chi connectivity index (χ3n) is 3.94. The van der Waals surface area contributed by atoms with E-state index < -0.39 is 63.7 Å². The molecule has 2 heterocycles. The van der Waals surface area contributed by atoms with Gasteiger partial charge in [0.25, 0.3) is 5.91 Å². The Labute approximate surface area is 162 Å². The van der Waals surface area contributed by atoms with Gasteiger partial charge in [0.15, 0.2) is 5.76 Å². The lowest BCUT2D eigenvalue weighted by molar-refractivity contribution is -0.143. The molecule has 0 radical (unpaired) electrons. The summed E-state index contributed by atoms with van der Waals surface area (Å²) in [6.45, 7) is 0. The van der Waals surface area contributed by atoms with Gasteiger partial charge in [0.05, 0.1) is 5.56 Å². The number of rotatable bonds is 3. The molecule has 0 unspecified atom stereocenters. The Kier molecular flexibility index (Phi) is 4.92. The lowest BCUT2D eigenvalue weighted by Crippen LogP contribution is -2.18. The van der Waals surface area contributed by atoms with Crippen LogP contribution in [0.5, 0.6) is 0 Å². The van der Waals surface area contributed by atoms with Crippen molar-refractivity contribution >= 4 is 11.7 Å². The predicted octanol–water partition coefficient (Wildman–Crippen LogP) is 4.26. The number of hydrogen-bond donors (Lipinski definition) is 2. The summed E-state index contributed by atoms with van der Waals surface area (Å²) in [6, 6.07) is 3.60. The summed E-state index contributed by atoms with van der Waals surface area (Å²) in [6.07, 6.45) is -9.92. The average molecular weight is 434 g/mol. The van der Waals surface area contributed by atoms with E-state index in [1.807, 2.05) is 0 Å². The van der Waals surface area contributed by atoms with E-state index >= 15 is 0 Å². The normalized spacial score (nSPS) is 12.2. The Morgan fingerprint density at radius 3 is 2.17 bits per heavy atom. The molecule has 0 atom stereocenters. The van der Waals surface area contributed by atoms with Crippen LogP contribution in [0.1, 0.15) is 21.6 Å². The van der Waals surface area contributed by atoms with Crippen LogP contribution < -0.4 is 11.5 Å². The second-order valence-corrected chi connectivity index (χ2v) is 5.91. The van der Waals surface area contributed by atoms with Crippen LogP contribution in [0.3, 0.4) is 0 Å². The van der Waals surface area contributed by atoms with E-state index in [1.54, 1.807) is 0 Å². The van der Waals surface area contributed by atoms with Gasteiger partial charge in [0.1, 0.15) is 22.9 Å². The van der Waals surface area contributed by atoms with Crippen LogP contribution in [0, 0.1) is 5.82 Å². The van der Waals surface area contributed by atoms with Gasteiger partial charge in [-0.15, -0.1) is 0 Å². The van der Waals surface area contributed by atoms with Gasteiger partial charge in [-0.25, -0.2) is 9.37 Å². The number of aromatic nitrogens is 2. The first-order valence-corrected chi connectivity index (χ1v) is 7.81. The fraction of sp³-hybridized carbons (Fsp3) is 0.118. The molecule has 0 bridgehead atoms.